The number of nitrogens with one attached hydrogen (secondary N) is 1. The minimum atomic E-state index is -3.99. The lowest BCUT2D eigenvalue weighted by molar-refractivity contribution is -0.116. The van der Waals surface area contributed by atoms with E-state index >= 15 is 0 Å². The highest BCUT2D eigenvalue weighted by Crippen LogP contribution is 2.22. The number of benzene rings is 1. The van der Waals surface area contributed by atoms with Crippen molar-refractivity contribution in [3.8, 4) is 11.3 Å². The van der Waals surface area contributed by atoms with Crippen LogP contribution in [0.5, 0.6) is 0 Å². The van der Waals surface area contributed by atoms with Gasteiger partial charge in [0.25, 0.3) is 0 Å². The second-order valence-electron chi connectivity index (χ2n) is 6.43. The van der Waals surface area contributed by atoms with E-state index in [1.54, 1.807) is 30.3 Å². The van der Waals surface area contributed by atoms with Crippen LogP contribution in [0.4, 0.5) is 5.69 Å². The molecule has 0 saturated heterocycles. The minimum Gasteiger partial charge on any atom is -0.464 e. The Balaban J connectivity index is 1.71. The second kappa shape index (κ2) is 8.51. The number of ether oxygens (including phenoxy) is 1. The Bertz CT molecular complexity index is 1170. The number of methoxy groups -OCH3 is 1. The van der Waals surface area contributed by atoms with Crippen LogP contribution in [0.25, 0.3) is 11.3 Å². The molecule has 0 atom stereocenters. The van der Waals surface area contributed by atoms with E-state index in [4.69, 9.17) is 4.52 Å². The van der Waals surface area contributed by atoms with Gasteiger partial charge in [-0.05, 0) is 18.2 Å². The Morgan fingerprint density at radius 3 is 2.70 bits per heavy atom. The summed E-state index contributed by atoms with van der Waals surface area (Å²) in [7, 11) is 0.0227. The number of amides is 1. The summed E-state index contributed by atoms with van der Waals surface area (Å²) in [6.07, 6.45) is 2.80. The highest BCUT2D eigenvalue weighted by atomic mass is 32.2. The third kappa shape index (κ3) is 4.42. The Labute approximate surface area is 173 Å². The molecule has 30 heavy (non-hydrogen) atoms. The molecule has 0 aliphatic heterocycles. The fourth-order valence-electron chi connectivity index (χ4n) is 2.77. The van der Waals surface area contributed by atoms with E-state index in [9.17, 15) is 18.0 Å². The first-order valence-electron chi connectivity index (χ1n) is 8.74. The average molecular weight is 432 g/mol. The van der Waals surface area contributed by atoms with Crippen molar-refractivity contribution in [3.05, 3.63) is 54.5 Å². The van der Waals surface area contributed by atoms with Crippen LogP contribution in [0.2, 0.25) is 0 Å². The van der Waals surface area contributed by atoms with E-state index < -0.39 is 28.4 Å². The summed E-state index contributed by atoms with van der Waals surface area (Å²) in [5.41, 5.74) is 1.27. The summed E-state index contributed by atoms with van der Waals surface area (Å²) in [6.45, 7) is -0.419. The second-order valence-corrected chi connectivity index (χ2v) is 8.48. The predicted molar refractivity (Wildman–Crippen MR) is 107 cm³/mol. The van der Waals surface area contributed by atoms with Crippen LogP contribution < -0.4 is 5.32 Å². The molecule has 0 bridgehead atoms. The molecule has 2 heterocycles. The molecule has 0 spiro atoms. The van der Waals surface area contributed by atoms with E-state index in [1.165, 1.54) is 44.2 Å². The zero-order chi connectivity index (χ0) is 21.9. The van der Waals surface area contributed by atoms with Crippen molar-refractivity contribution in [2.24, 2.45) is 7.05 Å². The number of hydrogen-bond acceptors (Lipinski definition) is 7. The molecule has 0 unspecified atom stereocenters. The molecule has 158 valence electrons. The molecular formula is C19H20N4O6S. The van der Waals surface area contributed by atoms with Crippen molar-refractivity contribution >= 4 is 27.6 Å². The molecule has 0 aliphatic rings. The van der Waals surface area contributed by atoms with Crippen molar-refractivity contribution < 1.29 is 27.3 Å². The van der Waals surface area contributed by atoms with E-state index in [0.29, 0.717) is 17.0 Å². The van der Waals surface area contributed by atoms with Gasteiger partial charge in [0, 0.05) is 37.6 Å². The lowest BCUT2D eigenvalue weighted by Gasteiger charge is -2.16. The molecule has 2 aromatic heterocycles. The van der Waals surface area contributed by atoms with Crippen molar-refractivity contribution in [1.82, 2.24) is 14.0 Å². The molecule has 1 N–H and O–H groups in total. The van der Waals surface area contributed by atoms with Gasteiger partial charge in [0.1, 0.15) is 10.6 Å². The molecule has 0 radical (unpaired) electrons. The molecule has 0 saturated carbocycles. The summed E-state index contributed by atoms with van der Waals surface area (Å²) >= 11 is 0. The van der Waals surface area contributed by atoms with Crippen LogP contribution in [0.15, 0.2) is 58.2 Å². The van der Waals surface area contributed by atoms with Gasteiger partial charge >= 0.3 is 5.97 Å². The van der Waals surface area contributed by atoms with Crippen LogP contribution in [-0.4, -0.2) is 55.0 Å². The summed E-state index contributed by atoms with van der Waals surface area (Å²) in [5.74, 6) is -0.651. The number of rotatable bonds is 7. The normalized spacial score (nSPS) is 11.5. The highest BCUT2D eigenvalue weighted by Gasteiger charge is 2.26. The lowest BCUT2D eigenvalue weighted by atomic mass is 10.1. The van der Waals surface area contributed by atoms with Crippen LogP contribution in [0.1, 0.15) is 10.5 Å². The first kappa shape index (κ1) is 21.3. The Hall–Kier alpha value is -3.44. The maximum absolute atomic E-state index is 12.8. The SMILES string of the molecule is COC(=O)c1cc(S(=O)(=O)N(C)CC(=O)Nc2cccc(-c3ccno3)c2)cn1C. The first-order valence-corrected chi connectivity index (χ1v) is 10.2. The minimum absolute atomic E-state index is 0.0816. The smallest absolute Gasteiger partial charge is 0.354 e. The summed E-state index contributed by atoms with van der Waals surface area (Å²) < 4.78 is 37.5. The number of aromatic nitrogens is 2. The van der Waals surface area contributed by atoms with Crippen molar-refractivity contribution in [2.75, 3.05) is 26.0 Å². The number of sulfonamides is 1. The molecule has 10 nitrogen and oxygen atoms in total. The zero-order valence-electron chi connectivity index (χ0n) is 16.5. The van der Waals surface area contributed by atoms with Gasteiger partial charge in [0.15, 0.2) is 5.76 Å². The quantitative estimate of drug-likeness (QED) is 0.564. The largest absolute Gasteiger partial charge is 0.464 e. The summed E-state index contributed by atoms with van der Waals surface area (Å²) in [6, 6.07) is 9.77. The maximum Gasteiger partial charge on any atom is 0.354 e. The number of nitrogens with zero attached hydrogens (tertiary/aromatic N) is 3. The summed E-state index contributed by atoms with van der Waals surface area (Å²) in [4.78, 5) is 24.0. The van der Waals surface area contributed by atoms with Crippen molar-refractivity contribution in [2.45, 2.75) is 4.90 Å². The number of carbonyl (C=O) groups is 2. The lowest BCUT2D eigenvalue weighted by Crippen LogP contribution is -2.34. The molecule has 1 amide bonds. The molecule has 1 aromatic carbocycles. The highest BCUT2D eigenvalue weighted by molar-refractivity contribution is 7.89. The van der Waals surface area contributed by atoms with E-state index in [0.717, 1.165) is 4.31 Å². The number of hydrogen-bond donors (Lipinski definition) is 1. The van der Waals surface area contributed by atoms with Crippen LogP contribution in [-0.2, 0) is 26.6 Å². The number of likely N-dealkylation sites (N-methyl/N-ethyl adjacent to an activating group) is 1. The van der Waals surface area contributed by atoms with Crippen LogP contribution in [0, 0.1) is 0 Å². The van der Waals surface area contributed by atoms with Crippen molar-refractivity contribution in [3.63, 3.8) is 0 Å². The third-order valence-electron chi connectivity index (χ3n) is 4.32. The fourth-order valence-corrected chi connectivity index (χ4v) is 3.96. The van der Waals surface area contributed by atoms with Gasteiger partial charge in [-0.3, -0.25) is 4.79 Å². The summed E-state index contributed by atoms with van der Waals surface area (Å²) in [5, 5.41) is 6.30. The van der Waals surface area contributed by atoms with Gasteiger partial charge in [0.2, 0.25) is 15.9 Å². The van der Waals surface area contributed by atoms with Gasteiger partial charge in [-0.1, -0.05) is 17.3 Å². The topological polar surface area (TPSA) is 124 Å². The van der Waals surface area contributed by atoms with Gasteiger partial charge < -0.3 is 19.1 Å². The molecular weight excluding hydrogens is 412 g/mol. The number of esters is 1. The molecule has 0 aliphatic carbocycles. The third-order valence-corrected chi connectivity index (χ3v) is 6.09. The van der Waals surface area contributed by atoms with E-state index in [1.807, 2.05) is 0 Å². The first-order chi connectivity index (χ1) is 14.2. The van der Waals surface area contributed by atoms with Gasteiger partial charge in [-0.25, -0.2) is 13.2 Å². The maximum atomic E-state index is 12.8. The predicted octanol–water partition coefficient (Wildman–Crippen LogP) is 1.73. The monoisotopic (exact) mass is 432 g/mol. The number of anilines is 1. The van der Waals surface area contributed by atoms with Crippen LogP contribution in [0.3, 0.4) is 0 Å². The Morgan fingerprint density at radius 1 is 1.27 bits per heavy atom. The number of aryl methyl sites for hydroxylation is 1. The Kier molecular flexibility index (Phi) is 6.04. The van der Waals surface area contributed by atoms with Gasteiger partial charge in [-0.2, -0.15) is 4.31 Å². The molecule has 3 rings (SSSR count). The Morgan fingerprint density at radius 2 is 2.03 bits per heavy atom. The van der Waals surface area contributed by atoms with Gasteiger partial charge in [-0.15, -0.1) is 0 Å². The fraction of sp³-hybridized carbons (Fsp3) is 0.211. The van der Waals surface area contributed by atoms with Crippen LogP contribution >= 0.6 is 0 Å². The van der Waals surface area contributed by atoms with E-state index in [2.05, 4.69) is 15.2 Å². The van der Waals surface area contributed by atoms with E-state index in [-0.39, 0.29) is 10.6 Å². The standard InChI is InChI=1S/C19H20N4O6S/c1-22-11-15(10-16(22)19(25)28-3)30(26,27)23(2)12-18(24)21-14-6-4-5-13(9-14)17-7-8-20-29-17/h4-11H,12H2,1-3H3,(H,21,24). The van der Waals surface area contributed by atoms with Crippen molar-refractivity contribution in [1.29, 1.82) is 0 Å². The molecule has 3 aromatic rings. The molecule has 11 heteroatoms. The average Bonchev–Trinajstić information content (AvgIpc) is 3.37. The molecule has 0 fully saturated rings. The van der Waals surface area contributed by atoms with Gasteiger partial charge in [0.05, 0.1) is 19.9 Å². The zero-order valence-corrected chi connectivity index (χ0v) is 17.3. The number of carbonyl (C=O) groups excluding carboxylic acids is 2.